The van der Waals surface area contributed by atoms with Crippen LogP contribution in [-0.4, -0.2) is 19.6 Å². The Balaban J connectivity index is 2.00. The van der Waals surface area contributed by atoms with Crippen molar-refractivity contribution in [2.45, 2.75) is 32.6 Å². The number of ether oxygens (including phenoxy) is 1. The number of nitrogens with one attached hydrogen (secondary N) is 1. The van der Waals surface area contributed by atoms with Crippen LogP contribution in [0.4, 0.5) is 10.7 Å². The molecule has 5 heteroatoms. The van der Waals surface area contributed by atoms with E-state index in [1.54, 1.807) is 0 Å². The molecule has 1 aliphatic carbocycles. The molecule has 1 aliphatic rings. The molecule has 0 aliphatic heterocycles. The highest BCUT2D eigenvalue weighted by atomic mass is 32.1. The molecule has 1 fully saturated rings. The Morgan fingerprint density at radius 1 is 1.61 bits per heavy atom. The monoisotopic (exact) mass is 268 g/mol. The molecular formula is C13H20N2O2S. The van der Waals surface area contributed by atoms with Crippen LogP contribution in [0.1, 0.15) is 42.3 Å². The van der Waals surface area contributed by atoms with Gasteiger partial charge in [0.15, 0.2) is 0 Å². The van der Waals surface area contributed by atoms with Crippen molar-refractivity contribution in [2.75, 3.05) is 24.7 Å². The molecule has 0 saturated heterocycles. The van der Waals surface area contributed by atoms with Gasteiger partial charge in [0.2, 0.25) is 0 Å². The third kappa shape index (κ3) is 2.46. The van der Waals surface area contributed by atoms with E-state index >= 15 is 0 Å². The highest BCUT2D eigenvalue weighted by Gasteiger charge is 2.34. The summed E-state index contributed by atoms with van der Waals surface area (Å²) >= 11 is 1.37. The number of hydrogen-bond donors (Lipinski definition) is 2. The lowest BCUT2D eigenvalue weighted by atomic mass is 9.67. The van der Waals surface area contributed by atoms with Crippen LogP contribution in [0.3, 0.4) is 0 Å². The number of hydrogen-bond acceptors (Lipinski definition) is 5. The van der Waals surface area contributed by atoms with Crippen molar-refractivity contribution < 1.29 is 9.53 Å². The zero-order chi connectivity index (χ0) is 13.2. The molecule has 4 nitrogen and oxygen atoms in total. The van der Waals surface area contributed by atoms with Crippen molar-refractivity contribution >= 4 is 28.0 Å². The fourth-order valence-corrected chi connectivity index (χ4v) is 3.24. The molecule has 0 unspecified atom stereocenters. The molecule has 3 N–H and O–H groups in total. The smallest absolute Gasteiger partial charge is 0.350 e. The average molecular weight is 268 g/mol. The number of carbonyl (C=O) groups is 1. The second kappa shape index (κ2) is 5.18. The van der Waals surface area contributed by atoms with E-state index in [1.165, 1.54) is 44.1 Å². The summed E-state index contributed by atoms with van der Waals surface area (Å²) in [6.07, 6.45) is 5.11. The van der Waals surface area contributed by atoms with Crippen LogP contribution in [0, 0.1) is 5.41 Å². The van der Waals surface area contributed by atoms with Crippen molar-refractivity contribution in [3.63, 3.8) is 0 Å². The van der Waals surface area contributed by atoms with E-state index in [1.807, 2.05) is 6.07 Å². The maximum absolute atomic E-state index is 11.5. The van der Waals surface area contributed by atoms with E-state index in [-0.39, 0.29) is 5.97 Å². The molecule has 2 rings (SSSR count). The number of carbonyl (C=O) groups excluding carboxylic acids is 1. The SMILES string of the molecule is CCC1(CNc2cc(N)c(C(=O)OC)s2)CCC1. The van der Waals surface area contributed by atoms with Gasteiger partial charge < -0.3 is 15.8 Å². The zero-order valence-corrected chi connectivity index (χ0v) is 11.7. The van der Waals surface area contributed by atoms with Gasteiger partial charge in [0.1, 0.15) is 4.88 Å². The van der Waals surface area contributed by atoms with Crippen LogP contribution in [0.25, 0.3) is 0 Å². The Kier molecular flexibility index (Phi) is 3.80. The lowest BCUT2D eigenvalue weighted by Crippen LogP contribution is -2.35. The van der Waals surface area contributed by atoms with E-state index in [0.717, 1.165) is 11.5 Å². The highest BCUT2D eigenvalue weighted by Crippen LogP contribution is 2.44. The molecule has 0 radical (unpaired) electrons. The van der Waals surface area contributed by atoms with E-state index < -0.39 is 0 Å². The van der Waals surface area contributed by atoms with Gasteiger partial charge >= 0.3 is 5.97 Å². The van der Waals surface area contributed by atoms with Crippen LogP contribution in [-0.2, 0) is 4.74 Å². The third-order valence-corrected chi connectivity index (χ3v) is 5.02. The molecule has 0 aromatic carbocycles. The van der Waals surface area contributed by atoms with E-state index in [2.05, 4.69) is 12.2 Å². The molecule has 1 saturated carbocycles. The van der Waals surface area contributed by atoms with Gasteiger partial charge in [-0.25, -0.2) is 4.79 Å². The van der Waals surface area contributed by atoms with Gasteiger partial charge in [0.25, 0.3) is 0 Å². The van der Waals surface area contributed by atoms with Crippen LogP contribution < -0.4 is 11.1 Å². The Bertz CT molecular complexity index is 433. The van der Waals surface area contributed by atoms with E-state index in [9.17, 15) is 4.79 Å². The highest BCUT2D eigenvalue weighted by molar-refractivity contribution is 7.18. The largest absolute Gasteiger partial charge is 0.465 e. The standard InChI is InChI=1S/C13H20N2O2S/c1-3-13(5-4-6-13)8-15-10-7-9(14)11(18-10)12(16)17-2/h7,15H,3-6,8,14H2,1-2H3. The van der Waals surface area contributed by atoms with Gasteiger partial charge in [-0.05, 0) is 30.7 Å². The Hall–Kier alpha value is -1.23. The minimum Gasteiger partial charge on any atom is -0.465 e. The summed E-state index contributed by atoms with van der Waals surface area (Å²) in [4.78, 5) is 11.9. The number of methoxy groups -OCH3 is 1. The summed E-state index contributed by atoms with van der Waals surface area (Å²) in [5, 5.41) is 4.36. The number of nitrogens with two attached hydrogens (primary N) is 1. The first-order valence-electron chi connectivity index (χ1n) is 6.32. The molecule has 1 aromatic heterocycles. The molecule has 0 atom stereocenters. The van der Waals surface area contributed by atoms with Crippen molar-refractivity contribution in [1.29, 1.82) is 0 Å². The van der Waals surface area contributed by atoms with Gasteiger partial charge in [-0.15, -0.1) is 11.3 Å². The first-order valence-corrected chi connectivity index (χ1v) is 7.13. The van der Waals surface area contributed by atoms with Gasteiger partial charge in [-0.3, -0.25) is 0 Å². The van der Waals surface area contributed by atoms with Crippen LogP contribution in [0.15, 0.2) is 6.07 Å². The third-order valence-electron chi connectivity index (χ3n) is 3.93. The summed E-state index contributed by atoms with van der Waals surface area (Å²) in [5.41, 5.74) is 6.75. The molecular weight excluding hydrogens is 248 g/mol. The van der Waals surface area contributed by atoms with Crippen molar-refractivity contribution in [3.8, 4) is 0 Å². The van der Waals surface area contributed by atoms with E-state index in [4.69, 9.17) is 10.5 Å². The quantitative estimate of drug-likeness (QED) is 0.805. The predicted molar refractivity (Wildman–Crippen MR) is 75.1 cm³/mol. The lowest BCUT2D eigenvalue weighted by Gasteiger charge is -2.41. The minimum absolute atomic E-state index is 0.362. The van der Waals surface area contributed by atoms with Crippen molar-refractivity contribution in [3.05, 3.63) is 10.9 Å². The summed E-state index contributed by atoms with van der Waals surface area (Å²) in [7, 11) is 1.37. The predicted octanol–water partition coefficient (Wildman–Crippen LogP) is 3.11. The second-order valence-corrected chi connectivity index (χ2v) is 6.00. The minimum atomic E-state index is -0.362. The summed E-state index contributed by atoms with van der Waals surface area (Å²) in [6.45, 7) is 3.20. The Morgan fingerprint density at radius 3 is 2.83 bits per heavy atom. The summed E-state index contributed by atoms with van der Waals surface area (Å²) in [5.74, 6) is -0.362. The number of rotatable bonds is 5. The number of thiophene rings is 1. The summed E-state index contributed by atoms with van der Waals surface area (Å²) < 4.78 is 4.69. The molecule has 1 heterocycles. The normalized spacial score (nSPS) is 17.0. The van der Waals surface area contributed by atoms with Gasteiger partial charge in [0, 0.05) is 6.54 Å². The molecule has 18 heavy (non-hydrogen) atoms. The second-order valence-electron chi connectivity index (χ2n) is 4.95. The number of anilines is 2. The van der Waals surface area contributed by atoms with Gasteiger partial charge in [-0.2, -0.15) is 0 Å². The first-order chi connectivity index (χ1) is 8.60. The topological polar surface area (TPSA) is 64.3 Å². The number of nitrogen functional groups attached to an aromatic ring is 1. The van der Waals surface area contributed by atoms with Gasteiger partial charge in [-0.1, -0.05) is 13.3 Å². The fraction of sp³-hybridized carbons (Fsp3) is 0.615. The van der Waals surface area contributed by atoms with Gasteiger partial charge in [0.05, 0.1) is 17.8 Å². The maximum atomic E-state index is 11.5. The molecule has 1 aromatic rings. The molecule has 0 spiro atoms. The maximum Gasteiger partial charge on any atom is 0.350 e. The van der Waals surface area contributed by atoms with Crippen LogP contribution in [0.2, 0.25) is 0 Å². The fourth-order valence-electron chi connectivity index (χ4n) is 2.35. The van der Waals surface area contributed by atoms with Crippen molar-refractivity contribution in [1.82, 2.24) is 0 Å². The molecule has 0 bridgehead atoms. The Morgan fingerprint density at radius 2 is 2.33 bits per heavy atom. The number of esters is 1. The first kappa shape index (κ1) is 13.2. The Labute approximate surface area is 112 Å². The van der Waals surface area contributed by atoms with Crippen LogP contribution >= 0.6 is 11.3 Å². The molecule has 0 amide bonds. The van der Waals surface area contributed by atoms with Crippen LogP contribution in [0.5, 0.6) is 0 Å². The average Bonchev–Trinajstić information content (AvgIpc) is 2.69. The molecule has 100 valence electrons. The lowest BCUT2D eigenvalue weighted by molar-refractivity contribution is 0.0607. The van der Waals surface area contributed by atoms with Crippen molar-refractivity contribution in [2.24, 2.45) is 5.41 Å². The van der Waals surface area contributed by atoms with E-state index in [0.29, 0.717) is 16.0 Å². The summed E-state index contributed by atoms with van der Waals surface area (Å²) in [6, 6.07) is 1.82. The zero-order valence-electron chi connectivity index (χ0n) is 10.9.